The second kappa shape index (κ2) is 9.87. The molecule has 2 N–H and O–H groups in total. The lowest BCUT2D eigenvalue weighted by Gasteiger charge is -2.35. The van der Waals surface area contributed by atoms with Crippen molar-refractivity contribution in [1.82, 2.24) is 15.2 Å². The molecule has 40 heavy (non-hydrogen) atoms. The Balaban J connectivity index is 1.30. The van der Waals surface area contributed by atoms with Crippen molar-refractivity contribution in [1.29, 1.82) is 0 Å². The van der Waals surface area contributed by atoms with Crippen LogP contribution in [0.25, 0.3) is 10.9 Å². The van der Waals surface area contributed by atoms with E-state index in [1.54, 1.807) is 55.3 Å². The number of H-pyrrole nitrogens is 1. The largest absolute Gasteiger partial charge is 0.497 e. The van der Waals surface area contributed by atoms with Crippen molar-refractivity contribution in [2.24, 2.45) is 0 Å². The third-order valence-corrected chi connectivity index (χ3v) is 8.44. The molecule has 3 heterocycles. The van der Waals surface area contributed by atoms with Gasteiger partial charge in [-0.25, -0.2) is 9.69 Å². The van der Waals surface area contributed by atoms with Crippen LogP contribution in [0.3, 0.4) is 0 Å². The van der Waals surface area contributed by atoms with Gasteiger partial charge in [-0.2, -0.15) is 0 Å². The van der Waals surface area contributed by atoms with Crippen LogP contribution >= 0.6 is 23.2 Å². The van der Waals surface area contributed by atoms with Gasteiger partial charge in [-0.1, -0.05) is 41.4 Å². The quantitative estimate of drug-likeness (QED) is 0.288. The first-order chi connectivity index (χ1) is 19.2. The summed E-state index contributed by atoms with van der Waals surface area (Å²) in [7, 11) is 1.61. The standard InChI is InChI=1S/C30H26Cl2N4O4/c1-30-26-20(22-16-19(40-2)9-10-24(22)34-26)12-14-35(30)29(39)36(28(30)38)25-6-4-3-5-21(25)27(37)33-13-11-17-7-8-18(31)15-23(17)32/h3-10,15-16,34H,11-14H2,1-2H3,(H,33,37)/t30-/m0/s1. The summed E-state index contributed by atoms with van der Waals surface area (Å²) < 4.78 is 5.40. The number of aromatic amines is 1. The van der Waals surface area contributed by atoms with Gasteiger partial charge < -0.3 is 19.9 Å². The Morgan fingerprint density at radius 2 is 1.90 bits per heavy atom. The van der Waals surface area contributed by atoms with Crippen molar-refractivity contribution >= 4 is 57.6 Å². The van der Waals surface area contributed by atoms with Crippen LogP contribution in [0.5, 0.6) is 5.75 Å². The number of anilines is 1. The average molecular weight is 577 g/mol. The number of rotatable bonds is 6. The van der Waals surface area contributed by atoms with E-state index >= 15 is 0 Å². The molecule has 0 spiro atoms. The molecule has 1 aromatic heterocycles. The number of hydrogen-bond donors (Lipinski definition) is 2. The Morgan fingerprint density at radius 3 is 2.67 bits per heavy atom. The number of benzene rings is 3. The molecule has 0 radical (unpaired) electrons. The normalized spacial score (nSPS) is 18.2. The van der Waals surface area contributed by atoms with Crippen LogP contribution in [0.4, 0.5) is 10.5 Å². The van der Waals surface area contributed by atoms with E-state index in [4.69, 9.17) is 27.9 Å². The van der Waals surface area contributed by atoms with Crippen molar-refractivity contribution in [3.05, 3.63) is 93.1 Å². The molecular weight excluding hydrogens is 551 g/mol. The number of ether oxygens (including phenoxy) is 1. The zero-order chi connectivity index (χ0) is 28.2. The molecule has 1 saturated heterocycles. The van der Waals surface area contributed by atoms with E-state index < -0.39 is 23.4 Å². The number of carbonyl (C=O) groups is 3. The lowest BCUT2D eigenvalue weighted by molar-refractivity contribution is -0.125. The summed E-state index contributed by atoms with van der Waals surface area (Å²) in [5.41, 5.74) is 2.62. The first-order valence-corrected chi connectivity index (χ1v) is 13.7. The van der Waals surface area contributed by atoms with Crippen LogP contribution < -0.4 is 15.0 Å². The maximum atomic E-state index is 14.1. The number of methoxy groups -OCH3 is 1. The van der Waals surface area contributed by atoms with Gasteiger partial charge in [0.2, 0.25) is 0 Å². The van der Waals surface area contributed by atoms with Crippen molar-refractivity contribution in [2.75, 3.05) is 25.1 Å². The Labute approximate surface area is 240 Å². The fourth-order valence-corrected chi connectivity index (χ4v) is 6.25. The molecule has 2 aliphatic heterocycles. The summed E-state index contributed by atoms with van der Waals surface area (Å²) >= 11 is 12.2. The van der Waals surface area contributed by atoms with Crippen molar-refractivity contribution in [3.8, 4) is 5.75 Å². The summed E-state index contributed by atoms with van der Waals surface area (Å²) in [6, 6.07) is 17.1. The molecule has 0 bridgehead atoms. The molecule has 4 amide bonds. The van der Waals surface area contributed by atoms with E-state index in [-0.39, 0.29) is 11.3 Å². The van der Waals surface area contributed by atoms with Crippen molar-refractivity contribution < 1.29 is 19.1 Å². The van der Waals surface area contributed by atoms with Gasteiger partial charge >= 0.3 is 6.03 Å². The van der Waals surface area contributed by atoms with Gasteiger partial charge in [0, 0.05) is 34.0 Å². The second-order valence-electron chi connectivity index (χ2n) is 10.0. The van der Waals surface area contributed by atoms with Gasteiger partial charge in [-0.3, -0.25) is 9.59 Å². The maximum absolute atomic E-state index is 14.1. The van der Waals surface area contributed by atoms with Crippen LogP contribution in [0.2, 0.25) is 10.0 Å². The predicted octanol–water partition coefficient (Wildman–Crippen LogP) is 5.70. The number of para-hydroxylation sites is 1. The number of aromatic nitrogens is 1. The molecule has 8 nitrogen and oxygen atoms in total. The van der Waals surface area contributed by atoms with Crippen LogP contribution in [-0.2, 0) is 23.2 Å². The average Bonchev–Trinajstić information content (AvgIpc) is 3.42. The van der Waals surface area contributed by atoms with Gasteiger partial charge in [0.25, 0.3) is 11.8 Å². The number of halogens is 2. The van der Waals surface area contributed by atoms with Gasteiger partial charge in [-0.05, 0) is 73.4 Å². The minimum Gasteiger partial charge on any atom is -0.497 e. The minimum atomic E-state index is -1.24. The predicted molar refractivity (Wildman–Crippen MR) is 154 cm³/mol. The number of amides is 4. The number of fused-ring (bicyclic) bond motifs is 5. The van der Waals surface area contributed by atoms with E-state index in [1.165, 1.54) is 0 Å². The number of nitrogens with one attached hydrogen (secondary N) is 2. The third kappa shape index (κ3) is 4.01. The van der Waals surface area contributed by atoms with E-state index in [0.717, 1.165) is 32.7 Å². The Morgan fingerprint density at radius 1 is 1.10 bits per heavy atom. The van der Waals surface area contributed by atoms with Gasteiger partial charge in [0.1, 0.15) is 5.75 Å². The summed E-state index contributed by atoms with van der Waals surface area (Å²) in [6.45, 7) is 2.43. The zero-order valence-corrected chi connectivity index (χ0v) is 23.4. The molecule has 2 aliphatic rings. The Bertz CT molecular complexity index is 1700. The molecule has 0 unspecified atom stereocenters. The maximum Gasteiger partial charge on any atom is 0.332 e. The number of carbonyl (C=O) groups excluding carboxylic acids is 3. The highest BCUT2D eigenvalue weighted by Crippen LogP contribution is 2.46. The summed E-state index contributed by atoms with van der Waals surface area (Å²) in [6.07, 6.45) is 1.08. The highest BCUT2D eigenvalue weighted by atomic mass is 35.5. The van der Waals surface area contributed by atoms with Crippen molar-refractivity contribution in [2.45, 2.75) is 25.3 Å². The topological polar surface area (TPSA) is 94.7 Å². The molecule has 0 aliphatic carbocycles. The summed E-state index contributed by atoms with van der Waals surface area (Å²) in [5.74, 6) is -0.0875. The van der Waals surface area contributed by atoms with Crippen LogP contribution in [0.1, 0.15) is 34.1 Å². The van der Waals surface area contributed by atoms with Crippen LogP contribution in [-0.4, -0.2) is 47.9 Å². The Kier molecular flexibility index (Phi) is 6.47. The lowest BCUT2D eigenvalue weighted by Crippen LogP contribution is -2.49. The van der Waals surface area contributed by atoms with E-state index in [9.17, 15) is 14.4 Å². The smallest absolute Gasteiger partial charge is 0.332 e. The monoisotopic (exact) mass is 576 g/mol. The molecular formula is C30H26Cl2N4O4. The molecule has 204 valence electrons. The third-order valence-electron chi connectivity index (χ3n) is 7.85. The van der Waals surface area contributed by atoms with Crippen molar-refractivity contribution in [3.63, 3.8) is 0 Å². The van der Waals surface area contributed by atoms with Gasteiger partial charge in [-0.15, -0.1) is 0 Å². The highest BCUT2D eigenvalue weighted by Gasteiger charge is 2.59. The molecule has 3 aromatic carbocycles. The number of hydrogen-bond acceptors (Lipinski definition) is 4. The Hall–Kier alpha value is -4.01. The first-order valence-electron chi connectivity index (χ1n) is 12.9. The SMILES string of the molecule is COc1ccc2[nH]c3c(c2c1)CCN1C(=O)N(c2ccccc2C(=O)NCCc2ccc(Cl)cc2Cl)C(=O)[C@]31C. The van der Waals surface area contributed by atoms with Gasteiger partial charge in [0.15, 0.2) is 5.54 Å². The highest BCUT2D eigenvalue weighted by molar-refractivity contribution is 6.35. The number of nitrogens with zero attached hydrogens (tertiary/aromatic N) is 2. The molecule has 0 saturated carbocycles. The van der Waals surface area contributed by atoms with Crippen LogP contribution in [0, 0.1) is 0 Å². The fraction of sp³-hybridized carbons (Fsp3) is 0.233. The zero-order valence-electron chi connectivity index (χ0n) is 21.9. The number of urea groups is 1. The minimum absolute atomic E-state index is 0.233. The summed E-state index contributed by atoms with van der Waals surface area (Å²) in [5, 5.41) is 4.92. The van der Waals surface area contributed by atoms with E-state index in [1.807, 2.05) is 24.3 Å². The molecule has 1 atom stereocenters. The van der Waals surface area contributed by atoms with E-state index in [0.29, 0.717) is 41.7 Å². The first kappa shape index (κ1) is 26.2. The van der Waals surface area contributed by atoms with Gasteiger partial charge in [0.05, 0.1) is 24.1 Å². The lowest BCUT2D eigenvalue weighted by atomic mass is 9.87. The van der Waals surface area contributed by atoms with Crippen LogP contribution in [0.15, 0.2) is 60.7 Å². The molecule has 1 fully saturated rings. The molecule has 6 rings (SSSR count). The molecule has 4 aromatic rings. The molecule has 10 heteroatoms. The second-order valence-corrected chi connectivity index (χ2v) is 10.9. The fourth-order valence-electron chi connectivity index (χ4n) is 5.75. The summed E-state index contributed by atoms with van der Waals surface area (Å²) in [4.78, 5) is 47.3. The number of imide groups is 1. The van der Waals surface area contributed by atoms with E-state index in [2.05, 4.69) is 10.3 Å².